The van der Waals surface area contributed by atoms with Gasteiger partial charge in [-0.2, -0.15) is 0 Å². The van der Waals surface area contributed by atoms with Crippen molar-refractivity contribution in [2.24, 2.45) is 17.8 Å². The summed E-state index contributed by atoms with van der Waals surface area (Å²) >= 11 is 0. The molecule has 0 saturated carbocycles. The van der Waals surface area contributed by atoms with Gasteiger partial charge in [0, 0.05) is 18.7 Å². The van der Waals surface area contributed by atoms with Crippen LogP contribution in [0.5, 0.6) is 0 Å². The van der Waals surface area contributed by atoms with Crippen LogP contribution in [0.15, 0.2) is 16.7 Å². The molecule has 1 aliphatic heterocycles. The fourth-order valence-electron chi connectivity index (χ4n) is 2.87. The Morgan fingerprint density at radius 1 is 1.35 bits per heavy atom. The highest BCUT2D eigenvalue weighted by atomic mass is 16.3. The Morgan fingerprint density at radius 2 is 2.15 bits per heavy atom. The van der Waals surface area contributed by atoms with Gasteiger partial charge in [-0.3, -0.25) is 4.90 Å². The van der Waals surface area contributed by atoms with Gasteiger partial charge in [0.25, 0.3) is 0 Å². The smallest absolute Gasteiger partial charge is 0.122 e. The van der Waals surface area contributed by atoms with E-state index in [9.17, 15) is 0 Å². The minimum absolute atomic E-state index is 0.679. The minimum atomic E-state index is 0.679. The molecule has 0 aromatic carbocycles. The maximum atomic E-state index is 5.65. The Balaban J connectivity index is 1.85. The molecule has 0 aliphatic carbocycles. The molecule has 1 aromatic rings. The SMILES string of the molecule is CC(C)CNCc1occc1CN1CCC(C)C(C)C1. The lowest BCUT2D eigenvalue weighted by Gasteiger charge is -2.35. The van der Waals surface area contributed by atoms with Crippen molar-refractivity contribution in [2.45, 2.75) is 47.2 Å². The zero-order valence-corrected chi connectivity index (χ0v) is 13.5. The average Bonchev–Trinajstić information content (AvgIpc) is 2.81. The van der Waals surface area contributed by atoms with Crippen molar-refractivity contribution < 1.29 is 4.42 Å². The van der Waals surface area contributed by atoms with E-state index in [4.69, 9.17) is 4.42 Å². The molecule has 114 valence electrons. The van der Waals surface area contributed by atoms with Crippen molar-refractivity contribution in [1.29, 1.82) is 0 Å². The molecule has 1 aromatic heterocycles. The summed E-state index contributed by atoms with van der Waals surface area (Å²) < 4.78 is 5.65. The second-order valence-electron chi connectivity index (χ2n) is 6.87. The predicted octanol–water partition coefficient (Wildman–Crippen LogP) is 3.50. The van der Waals surface area contributed by atoms with Crippen LogP contribution < -0.4 is 5.32 Å². The van der Waals surface area contributed by atoms with Gasteiger partial charge < -0.3 is 9.73 Å². The molecule has 1 fully saturated rings. The van der Waals surface area contributed by atoms with Gasteiger partial charge in [0.15, 0.2) is 0 Å². The third kappa shape index (κ3) is 4.35. The zero-order chi connectivity index (χ0) is 14.5. The van der Waals surface area contributed by atoms with Crippen molar-refractivity contribution in [3.05, 3.63) is 23.7 Å². The van der Waals surface area contributed by atoms with Gasteiger partial charge in [-0.15, -0.1) is 0 Å². The van der Waals surface area contributed by atoms with Crippen LogP contribution in [0.1, 0.15) is 45.4 Å². The number of rotatable bonds is 6. The van der Waals surface area contributed by atoms with E-state index >= 15 is 0 Å². The van der Waals surface area contributed by atoms with Gasteiger partial charge >= 0.3 is 0 Å². The molecule has 0 amide bonds. The van der Waals surface area contributed by atoms with Crippen LogP contribution in [0.25, 0.3) is 0 Å². The van der Waals surface area contributed by atoms with Crippen molar-refractivity contribution in [3.63, 3.8) is 0 Å². The minimum Gasteiger partial charge on any atom is -0.468 e. The van der Waals surface area contributed by atoms with Crippen LogP contribution in [0.2, 0.25) is 0 Å². The third-order valence-electron chi connectivity index (χ3n) is 4.49. The van der Waals surface area contributed by atoms with Gasteiger partial charge in [0.05, 0.1) is 12.8 Å². The van der Waals surface area contributed by atoms with E-state index in [0.29, 0.717) is 5.92 Å². The summed E-state index contributed by atoms with van der Waals surface area (Å²) in [5.41, 5.74) is 1.35. The van der Waals surface area contributed by atoms with E-state index in [1.807, 2.05) is 6.26 Å². The van der Waals surface area contributed by atoms with Crippen molar-refractivity contribution in [2.75, 3.05) is 19.6 Å². The molecule has 1 N–H and O–H groups in total. The maximum absolute atomic E-state index is 5.65. The summed E-state index contributed by atoms with van der Waals surface area (Å²) in [4.78, 5) is 2.57. The molecule has 3 heteroatoms. The molecular formula is C17H30N2O. The van der Waals surface area contributed by atoms with Crippen molar-refractivity contribution in [3.8, 4) is 0 Å². The molecule has 3 nitrogen and oxygen atoms in total. The molecule has 0 spiro atoms. The molecule has 0 bridgehead atoms. The van der Waals surface area contributed by atoms with E-state index in [0.717, 1.165) is 37.2 Å². The number of hydrogen-bond acceptors (Lipinski definition) is 3. The highest BCUT2D eigenvalue weighted by Crippen LogP contribution is 2.24. The summed E-state index contributed by atoms with van der Waals surface area (Å²) in [5.74, 6) is 3.45. The first-order valence-electron chi connectivity index (χ1n) is 8.04. The van der Waals surface area contributed by atoms with Crippen LogP contribution in [0.3, 0.4) is 0 Å². The van der Waals surface area contributed by atoms with Gasteiger partial charge in [-0.1, -0.05) is 27.7 Å². The maximum Gasteiger partial charge on any atom is 0.122 e. The van der Waals surface area contributed by atoms with E-state index in [1.54, 1.807) is 0 Å². The molecule has 2 atom stereocenters. The zero-order valence-electron chi connectivity index (χ0n) is 13.5. The molecule has 2 heterocycles. The number of furan rings is 1. The second-order valence-corrected chi connectivity index (χ2v) is 6.87. The van der Waals surface area contributed by atoms with E-state index in [-0.39, 0.29) is 0 Å². The van der Waals surface area contributed by atoms with Gasteiger partial charge in [-0.25, -0.2) is 0 Å². The van der Waals surface area contributed by atoms with E-state index in [1.165, 1.54) is 25.1 Å². The van der Waals surface area contributed by atoms with Crippen LogP contribution >= 0.6 is 0 Å². The Morgan fingerprint density at radius 3 is 2.85 bits per heavy atom. The normalized spacial score (nSPS) is 24.4. The van der Waals surface area contributed by atoms with Crippen LogP contribution in [0.4, 0.5) is 0 Å². The lowest BCUT2D eigenvalue weighted by Crippen LogP contribution is -2.38. The van der Waals surface area contributed by atoms with E-state index in [2.05, 4.69) is 44.0 Å². The number of nitrogens with one attached hydrogen (secondary N) is 1. The Labute approximate surface area is 123 Å². The Hall–Kier alpha value is -0.800. The summed E-state index contributed by atoms with van der Waals surface area (Å²) in [6, 6.07) is 2.13. The summed E-state index contributed by atoms with van der Waals surface area (Å²) in [7, 11) is 0. The molecule has 20 heavy (non-hydrogen) atoms. The first-order valence-corrected chi connectivity index (χ1v) is 8.04. The van der Waals surface area contributed by atoms with Gasteiger partial charge in [0.1, 0.15) is 5.76 Å². The standard InChI is InChI=1S/C17H30N2O/c1-13(2)9-18-10-17-16(6-8-20-17)12-19-7-5-14(3)15(4)11-19/h6,8,13-15,18H,5,7,9-12H2,1-4H3. The van der Waals surface area contributed by atoms with Crippen molar-refractivity contribution in [1.82, 2.24) is 10.2 Å². The largest absolute Gasteiger partial charge is 0.468 e. The Bertz CT molecular complexity index is 399. The monoisotopic (exact) mass is 278 g/mol. The van der Waals surface area contributed by atoms with E-state index < -0.39 is 0 Å². The molecular weight excluding hydrogens is 248 g/mol. The first kappa shape index (κ1) is 15.6. The number of nitrogens with zero attached hydrogens (tertiary/aromatic N) is 1. The second kappa shape index (κ2) is 7.28. The lowest BCUT2D eigenvalue weighted by molar-refractivity contribution is 0.131. The molecule has 1 aliphatic rings. The topological polar surface area (TPSA) is 28.4 Å². The summed E-state index contributed by atoms with van der Waals surface area (Å²) in [6.45, 7) is 14.6. The number of likely N-dealkylation sites (tertiary alicyclic amines) is 1. The third-order valence-corrected chi connectivity index (χ3v) is 4.49. The van der Waals surface area contributed by atoms with Crippen molar-refractivity contribution >= 4 is 0 Å². The molecule has 0 radical (unpaired) electrons. The van der Waals surface area contributed by atoms with Crippen LogP contribution in [-0.2, 0) is 13.1 Å². The first-order chi connectivity index (χ1) is 9.56. The fraction of sp³-hybridized carbons (Fsp3) is 0.765. The van der Waals surface area contributed by atoms with Gasteiger partial charge in [0.2, 0.25) is 0 Å². The number of piperidine rings is 1. The van der Waals surface area contributed by atoms with Gasteiger partial charge in [-0.05, 0) is 43.3 Å². The fourth-order valence-corrected chi connectivity index (χ4v) is 2.87. The van der Waals surface area contributed by atoms with Crippen LogP contribution in [0, 0.1) is 17.8 Å². The van der Waals surface area contributed by atoms with Crippen LogP contribution in [-0.4, -0.2) is 24.5 Å². The predicted molar refractivity (Wildman–Crippen MR) is 83.5 cm³/mol. The molecule has 2 unspecified atom stereocenters. The number of hydrogen-bond donors (Lipinski definition) is 1. The highest BCUT2D eigenvalue weighted by molar-refractivity contribution is 5.17. The lowest BCUT2D eigenvalue weighted by atomic mass is 9.88. The summed E-state index contributed by atoms with van der Waals surface area (Å²) in [6.07, 6.45) is 3.15. The molecule has 2 rings (SSSR count). The highest BCUT2D eigenvalue weighted by Gasteiger charge is 2.23. The summed E-state index contributed by atoms with van der Waals surface area (Å²) in [5, 5.41) is 3.47. The Kier molecular flexibility index (Phi) is 5.67. The average molecular weight is 278 g/mol. The quantitative estimate of drug-likeness (QED) is 0.863. The molecule has 1 saturated heterocycles.